The molecule has 0 amide bonds. The zero-order chi connectivity index (χ0) is 17.9. The van der Waals surface area contributed by atoms with Crippen molar-refractivity contribution in [3.63, 3.8) is 0 Å². The molecular weight excluding hydrogens is 325 g/mol. The highest BCUT2D eigenvalue weighted by atomic mass is 19.1. The topological polar surface area (TPSA) is 12.5 Å². The fourth-order valence-corrected chi connectivity index (χ4v) is 3.15. The Bertz CT molecular complexity index is 1020. The summed E-state index contributed by atoms with van der Waals surface area (Å²) in [5.41, 5.74) is 2.92. The molecule has 3 heteroatoms. The van der Waals surface area contributed by atoms with E-state index in [2.05, 4.69) is 29.2 Å². The van der Waals surface area contributed by atoms with E-state index in [4.69, 9.17) is 4.74 Å². The third-order valence-electron chi connectivity index (χ3n) is 4.42. The average molecular weight is 343 g/mol. The van der Waals surface area contributed by atoms with Crippen molar-refractivity contribution in [1.29, 1.82) is 0 Å². The van der Waals surface area contributed by atoms with Crippen LogP contribution in [0, 0.1) is 5.82 Å². The van der Waals surface area contributed by atoms with E-state index in [-0.39, 0.29) is 5.82 Å². The molecule has 0 fully saturated rings. The normalized spacial score (nSPS) is 10.7. The Balaban J connectivity index is 1.93. The maximum Gasteiger partial charge on any atom is 0.123 e. The molecule has 0 radical (unpaired) electrons. The molecule has 0 aliphatic rings. The number of nitrogens with zero attached hydrogens (tertiary/aromatic N) is 1. The molecule has 0 aliphatic heterocycles. The van der Waals surface area contributed by atoms with Gasteiger partial charge in [0, 0.05) is 16.8 Å². The van der Waals surface area contributed by atoms with Gasteiger partial charge in [-0.2, -0.15) is 0 Å². The Morgan fingerprint density at radius 3 is 2.00 bits per heavy atom. The van der Waals surface area contributed by atoms with Crippen molar-refractivity contribution < 1.29 is 9.13 Å². The van der Waals surface area contributed by atoms with Crippen LogP contribution in [0.1, 0.15) is 0 Å². The predicted octanol–water partition coefficient (Wildman–Crippen LogP) is 6.46. The summed E-state index contributed by atoms with van der Waals surface area (Å²) in [5.74, 6) is 0.548. The lowest BCUT2D eigenvalue weighted by atomic mass is 10.1. The van der Waals surface area contributed by atoms with Crippen LogP contribution in [0.3, 0.4) is 0 Å². The first-order valence-electron chi connectivity index (χ1n) is 8.44. The second-order valence-electron chi connectivity index (χ2n) is 6.01. The second kappa shape index (κ2) is 6.89. The van der Waals surface area contributed by atoms with Crippen LogP contribution in [0.15, 0.2) is 91.0 Å². The zero-order valence-electron chi connectivity index (χ0n) is 14.4. The van der Waals surface area contributed by atoms with Gasteiger partial charge < -0.3 is 9.64 Å². The maximum atomic E-state index is 13.5. The molecule has 128 valence electrons. The summed E-state index contributed by atoms with van der Waals surface area (Å²) in [4.78, 5) is 2.13. The van der Waals surface area contributed by atoms with Gasteiger partial charge in [-0.15, -0.1) is 0 Å². The number of benzene rings is 4. The molecule has 0 N–H and O–H groups in total. The van der Waals surface area contributed by atoms with Crippen LogP contribution in [-0.4, -0.2) is 7.11 Å². The van der Waals surface area contributed by atoms with Gasteiger partial charge in [0.2, 0.25) is 0 Å². The van der Waals surface area contributed by atoms with Gasteiger partial charge in [0.25, 0.3) is 0 Å². The van der Waals surface area contributed by atoms with Crippen LogP contribution in [0.2, 0.25) is 0 Å². The molecule has 4 aromatic carbocycles. The molecular formula is C23H18FNO. The summed E-state index contributed by atoms with van der Waals surface area (Å²) in [6, 6.07) is 28.9. The Kier molecular flexibility index (Phi) is 4.28. The van der Waals surface area contributed by atoms with E-state index in [9.17, 15) is 4.39 Å². The van der Waals surface area contributed by atoms with Gasteiger partial charge in [-0.1, -0.05) is 36.4 Å². The summed E-state index contributed by atoms with van der Waals surface area (Å²) in [7, 11) is 1.65. The highest BCUT2D eigenvalue weighted by molar-refractivity contribution is 5.98. The van der Waals surface area contributed by atoms with Crippen molar-refractivity contribution in [2.45, 2.75) is 0 Å². The average Bonchev–Trinajstić information content (AvgIpc) is 2.70. The molecule has 0 saturated heterocycles. The third kappa shape index (κ3) is 3.00. The van der Waals surface area contributed by atoms with Gasteiger partial charge >= 0.3 is 0 Å². The molecule has 0 atom stereocenters. The molecule has 0 unspecified atom stereocenters. The molecule has 4 aromatic rings. The number of rotatable bonds is 4. The first-order valence-corrected chi connectivity index (χ1v) is 8.44. The first-order chi connectivity index (χ1) is 12.8. The van der Waals surface area contributed by atoms with E-state index in [1.54, 1.807) is 19.2 Å². The highest BCUT2D eigenvalue weighted by Gasteiger charge is 2.15. The first kappa shape index (κ1) is 16.2. The van der Waals surface area contributed by atoms with Gasteiger partial charge in [0.1, 0.15) is 11.6 Å². The number of hydrogen-bond acceptors (Lipinski definition) is 2. The third-order valence-corrected chi connectivity index (χ3v) is 4.42. The number of methoxy groups -OCH3 is 1. The lowest BCUT2D eigenvalue weighted by molar-refractivity contribution is 0.415. The minimum atomic E-state index is -0.249. The van der Waals surface area contributed by atoms with E-state index in [0.29, 0.717) is 0 Å². The molecule has 0 bridgehead atoms. The lowest BCUT2D eigenvalue weighted by Crippen LogP contribution is -2.10. The molecule has 0 spiro atoms. The van der Waals surface area contributed by atoms with Crippen molar-refractivity contribution in [3.8, 4) is 5.75 Å². The quantitative estimate of drug-likeness (QED) is 0.422. The van der Waals surface area contributed by atoms with Crippen molar-refractivity contribution in [3.05, 3.63) is 96.8 Å². The highest BCUT2D eigenvalue weighted by Crippen LogP contribution is 2.39. The van der Waals surface area contributed by atoms with Crippen LogP contribution in [0.25, 0.3) is 10.8 Å². The second-order valence-corrected chi connectivity index (χ2v) is 6.01. The molecule has 0 aliphatic carbocycles. The number of ether oxygens (including phenoxy) is 1. The van der Waals surface area contributed by atoms with E-state index in [0.717, 1.165) is 33.6 Å². The van der Waals surface area contributed by atoms with Crippen LogP contribution < -0.4 is 9.64 Å². The van der Waals surface area contributed by atoms with Crippen LogP contribution >= 0.6 is 0 Å². The summed E-state index contributed by atoms with van der Waals surface area (Å²) in [6.07, 6.45) is 0. The monoisotopic (exact) mass is 343 g/mol. The Morgan fingerprint density at radius 1 is 0.692 bits per heavy atom. The molecule has 0 saturated carbocycles. The van der Waals surface area contributed by atoms with Crippen LogP contribution in [0.4, 0.5) is 21.5 Å². The van der Waals surface area contributed by atoms with E-state index >= 15 is 0 Å². The largest absolute Gasteiger partial charge is 0.497 e. The molecule has 26 heavy (non-hydrogen) atoms. The van der Waals surface area contributed by atoms with Gasteiger partial charge in [-0.05, 0) is 60.0 Å². The fourth-order valence-electron chi connectivity index (χ4n) is 3.15. The van der Waals surface area contributed by atoms with Crippen molar-refractivity contribution in [2.75, 3.05) is 12.0 Å². The Labute approximate surface area is 152 Å². The smallest absolute Gasteiger partial charge is 0.123 e. The van der Waals surface area contributed by atoms with E-state index in [1.165, 1.54) is 12.1 Å². The number of halogens is 1. The summed E-state index contributed by atoms with van der Waals surface area (Å²) < 4.78 is 18.7. The van der Waals surface area contributed by atoms with Crippen LogP contribution in [0.5, 0.6) is 5.75 Å². The summed E-state index contributed by atoms with van der Waals surface area (Å²) in [5, 5.41) is 2.29. The number of hydrogen-bond donors (Lipinski definition) is 0. The van der Waals surface area contributed by atoms with Gasteiger partial charge in [0.15, 0.2) is 0 Å². The van der Waals surface area contributed by atoms with Gasteiger partial charge in [-0.25, -0.2) is 4.39 Å². The molecule has 0 aromatic heterocycles. The zero-order valence-corrected chi connectivity index (χ0v) is 14.4. The summed E-state index contributed by atoms with van der Waals surface area (Å²) >= 11 is 0. The SMILES string of the molecule is COc1ccc(N(c2ccc(F)cc2)c2cccc3ccccc23)cc1. The maximum absolute atomic E-state index is 13.5. The lowest BCUT2D eigenvalue weighted by Gasteiger charge is -2.27. The molecule has 2 nitrogen and oxygen atoms in total. The Morgan fingerprint density at radius 2 is 1.31 bits per heavy atom. The van der Waals surface area contributed by atoms with E-state index in [1.807, 2.05) is 42.5 Å². The van der Waals surface area contributed by atoms with Gasteiger partial charge in [-0.3, -0.25) is 0 Å². The number of anilines is 3. The predicted molar refractivity (Wildman–Crippen MR) is 105 cm³/mol. The van der Waals surface area contributed by atoms with Crippen molar-refractivity contribution in [1.82, 2.24) is 0 Å². The van der Waals surface area contributed by atoms with Gasteiger partial charge in [0.05, 0.1) is 12.8 Å². The van der Waals surface area contributed by atoms with Crippen molar-refractivity contribution >= 4 is 27.8 Å². The minimum Gasteiger partial charge on any atom is -0.497 e. The molecule has 4 rings (SSSR count). The van der Waals surface area contributed by atoms with Crippen molar-refractivity contribution in [2.24, 2.45) is 0 Å². The number of fused-ring (bicyclic) bond motifs is 1. The minimum absolute atomic E-state index is 0.249. The van der Waals surface area contributed by atoms with E-state index < -0.39 is 0 Å². The standard InChI is InChI=1S/C23H18FNO/c1-26-21-15-13-20(14-16-21)25(19-11-9-18(24)10-12-19)23-8-4-6-17-5-2-3-7-22(17)23/h2-16H,1H3. The molecule has 0 heterocycles. The Hall–Kier alpha value is -3.33. The van der Waals surface area contributed by atoms with Crippen LogP contribution in [-0.2, 0) is 0 Å². The fraction of sp³-hybridized carbons (Fsp3) is 0.0435. The summed E-state index contributed by atoms with van der Waals surface area (Å²) in [6.45, 7) is 0.